The number of esters is 1. The van der Waals surface area contributed by atoms with Crippen LogP contribution in [-0.2, 0) is 14.3 Å². The van der Waals surface area contributed by atoms with Crippen molar-refractivity contribution < 1.29 is 23.9 Å². The molecule has 1 heterocycles. The fraction of sp³-hybridized carbons (Fsp3) is 0.625. The highest BCUT2D eigenvalue weighted by atomic mass is 16.5. The molecule has 3 rings (SSSR count). The van der Waals surface area contributed by atoms with E-state index in [9.17, 15) is 14.4 Å². The number of hydrogen-bond acceptors (Lipinski definition) is 5. The summed E-state index contributed by atoms with van der Waals surface area (Å²) in [6.07, 6.45) is 5.68. The lowest BCUT2D eigenvalue weighted by Crippen LogP contribution is -2.58. The number of nitrogens with zero attached hydrogens (tertiary/aromatic N) is 1. The van der Waals surface area contributed by atoms with Crippen LogP contribution in [0.1, 0.15) is 69.2 Å². The monoisotopic (exact) mass is 430 g/mol. The Morgan fingerprint density at radius 3 is 2.65 bits per heavy atom. The number of rotatable bonds is 8. The van der Waals surface area contributed by atoms with Crippen molar-refractivity contribution in [1.29, 1.82) is 0 Å². The predicted molar refractivity (Wildman–Crippen MR) is 117 cm³/mol. The second-order valence-electron chi connectivity index (χ2n) is 8.79. The van der Waals surface area contributed by atoms with Gasteiger partial charge in [0.15, 0.2) is 0 Å². The second kappa shape index (κ2) is 11.2. The molecule has 1 aromatic rings. The van der Waals surface area contributed by atoms with Crippen molar-refractivity contribution in [2.75, 3.05) is 19.7 Å². The Hall–Kier alpha value is -2.57. The van der Waals surface area contributed by atoms with Crippen molar-refractivity contribution in [3.8, 4) is 5.75 Å². The summed E-state index contributed by atoms with van der Waals surface area (Å²) in [5.74, 6) is -0.0482. The molecule has 31 heavy (non-hydrogen) atoms. The van der Waals surface area contributed by atoms with E-state index in [1.165, 1.54) is 11.3 Å². The van der Waals surface area contributed by atoms with Crippen molar-refractivity contribution in [2.45, 2.75) is 70.9 Å². The van der Waals surface area contributed by atoms with Crippen LogP contribution in [0.5, 0.6) is 5.75 Å². The van der Waals surface area contributed by atoms with E-state index in [0.29, 0.717) is 36.9 Å². The van der Waals surface area contributed by atoms with Gasteiger partial charge >= 0.3 is 5.97 Å². The van der Waals surface area contributed by atoms with E-state index in [1.807, 2.05) is 6.07 Å². The summed E-state index contributed by atoms with van der Waals surface area (Å²) < 4.78 is 11.5. The Morgan fingerprint density at radius 2 is 1.90 bits per heavy atom. The van der Waals surface area contributed by atoms with Gasteiger partial charge in [0.2, 0.25) is 5.91 Å². The minimum absolute atomic E-state index is 0.0767. The number of ether oxygens (including phenoxy) is 2. The summed E-state index contributed by atoms with van der Waals surface area (Å²) in [6, 6.07) is 6.20. The van der Waals surface area contributed by atoms with Crippen molar-refractivity contribution >= 4 is 17.8 Å². The molecule has 0 radical (unpaired) electrons. The zero-order valence-corrected chi connectivity index (χ0v) is 18.6. The Morgan fingerprint density at radius 1 is 1.16 bits per heavy atom. The maximum absolute atomic E-state index is 13.4. The smallest absolute Gasteiger partial charge is 0.308 e. The number of nitrogens with one attached hydrogen (secondary N) is 1. The van der Waals surface area contributed by atoms with Crippen LogP contribution in [0.25, 0.3) is 0 Å². The van der Waals surface area contributed by atoms with Crippen LogP contribution in [0, 0.1) is 5.92 Å². The number of hydrogen-bond donors (Lipinski definition) is 1. The molecule has 1 aliphatic heterocycles. The third kappa shape index (κ3) is 6.45. The summed E-state index contributed by atoms with van der Waals surface area (Å²) in [7, 11) is 0. The molecule has 0 bridgehead atoms. The normalized spacial score (nSPS) is 19.8. The topological polar surface area (TPSA) is 84.9 Å². The first-order chi connectivity index (χ1) is 15.0. The van der Waals surface area contributed by atoms with E-state index in [-0.39, 0.29) is 24.3 Å². The molecule has 0 spiro atoms. The highest BCUT2D eigenvalue weighted by Gasteiger charge is 2.37. The third-order valence-electron chi connectivity index (χ3n) is 5.87. The molecular formula is C24H34N2O5. The average molecular weight is 431 g/mol. The molecule has 1 atom stereocenters. The molecule has 170 valence electrons. The highest BCUT2D eigenvalue weighted by molar-refractivity contribution is 6.01. The molecular weight excluding hydrogens is 396 g/mol. The minimum Gasteiger partial charge on any atom is -0.493 e. The molecule has 2 fully saturated rings. The number of piperazine rings is 1. The molecule has 7 nitrogen and oxygen atoms in total. The summed E-state index contributed by atoms with van der Waals surface area (Å²) in [5.41, 5.74) is 0.409. The first kappa shape index (κ1) is 23.1. The molecule has 2 aliphatic rings. The summed E-state index contributed by atoms with van der Waals surface area (Å²) in [6.45, 7) is 5.44. The van der Waals surface area contributed by atoms with Crippen molar-refractivity contribution in [2.24, 2.45) is 5.92 Å². The maximum atomic E-state index is 13.4. The third-order valence-corrected chi connectivity index (χ3v) is 5.87. The van der Waals surface area contributed by atoms with E-state index >= 15 is 0 Å². The van der Waals surface area contributed by atoms with Gasteiger partial charge in [0, 0.05) is 13.1 Å². The largest absolute Gasteiger partial charge is 0.493 e. The van der Waals surface area contributed by atoms with Crippen molar-refractivity contribution in [1.82, 2.24) is 10.2 Å². The van der Waals surface area contributed by atoms with Crippen LogP contribution in [0.15, 0.2) is 24.3 Å². The molecule has 0 aromatic heterocycles. The minimum atomic E-state index is -0.874. The van der Waals surface area contributed by atoms with Crippen LogP contribution in [0.2, 0.25) is 0 Å². The molecule has 1 unspecified atom stereocenters. The Kier molecular flexibility index (Phi) is 8.32. The number of carbonyl (C=O) groups excluding carboxylic acids is 3. The zero-order valence-electron chi connectivity index (χ0n) is 18.6. The summed E-state index contributed by atoms with van der Waals surface area (Å²) in [4.78, 5) is 39.9. The van der Waals surface area contributed by atoms with Gasteiger partial charge in [-0.25, -0.2) is 0 Å². The molecule has 7 heteroatoms. The number of para-hydroxylation sites is 1. The number of amides is 2. The van der Waals surface area contributed by atoms with E-state index in [2.05, 4.69) is 19.2 Å². The lowest BCUT2D eigenvalue weighted by molar-refractivity contribution is -0.153. The molecule has 2 amide bonds. The van der Waals surface area contributed by atoms with E-state index < -0.39 is 12.0 Å². The van der Waals surface area contributed by atoms with E-state index in [4.69, 9.17) is 9.47 Å². The molecule has 1 aliphatic carbocycles. The van der Waals surface area contributed by atoms with Gasteiger partial charge in [-0.15, -0.1) is 0 Å². The van der Waals surface area contributed by atoms with Crippen LogP contribution in [0.3, 0.4) is 0 Å². The standard InChI is InChI=1S/C24H34N2O5/c1-17(2)12-15-30-21-11-7-6-10-19(21)24(29)26-14-13-25-23(28)20(26)16-22(27)31-18-8-4-3-5-9-18/h6-7,10-11,17-18,20H,3-5,8-9,12-16H2,1-2H3,(H,25,28). The lowest BCUT2D eigenvalue weighted by atomic mass is 9.98. The van der Waals surface area contributed by atoms with Gasteiger partial charge < -0.3 is 19.7 Å². The van der Waals surface area contributed by atoms with Crippen LogP contribution in [0.4, 0.5) is 0 Å². The summed E-state index contributed by atoms with van der Waals surface area (Å²) in [5, 5.41) is 2.77. The molecule has 1 saturated heterocycles. The van der Waals surface area contributed by atoms with E-state index in [1.54, 1.807) is 18.2 Å². The molecule has 1 saturated carbocycles. The lowest BCUT2D eigenvalue weighted by Gasteiger charge is -2.35. The fourth-order valence-corrected chi connectivity index (χ4v) is 4.06. The first-order valence-electron chi connectivity index (χ1n) is 11.5. The van der Waals surface area contributed by atoms with Gasteiger partial charge in [-0.3, -0.25) is 14.4 Å². The van der Waals surface area contributed by atoms with Gasteiger partial charge in [0.05, 0.1) is 18.6 Å². The average Bonchev–Trinajstić information content (AvgIpc) is 2.75. The maximum Gasteiger partial charge on any atom is 0.308 e. The van der Waals surface area contributed by atoms with Crippen molar-refractivity contribution in [3.63, 3.8) is 0 Å². The van der Waals surface area contributed by atoms with Crippen LogP contribution in [-0.4, -0.2) is 54.5 Å². The number of benzene rings is 1. The highest BCUT2D eigenvalue weighted by Crippen LogP contribution is 2.24. The van der Waals surface area contributed by atoms with Gasteiger partial charge in [-0.1, -0.05) is 32.4 Å². The van der Waals surface area contributed by atoms with Gasteiger partial charge in [0.25, 0.3) is 5.91 Å². The summed E-state index contributed by atoms with van der Waals surface area (Å²) >= 11 is 0. The zero-order chi connectivity index (χ0) is 22.2. The number of carbonyl (C=O) groups is 3. The van der Waals surface area contributed by atoms with Gasteiger partial charge in [-0.2, -0.15) is 0 Å². The van der Waals surface area contributed by atoms with Crippen molar-refractivity contribution in [3.05, 3.63) is 29.8 Å². The molecule has 1 aromatic carbocycles. The van der Waals surface area contributed by atoms with Gasteiger partial charge in [-0.05, 0) is 50.2 Å². The van der Waals surface area contributed by atoms with Crippen LogP contribution < -0.4 is 10.1 Å². The van der Waals surface area contributed by atoms with E-state index in [0.717, 1.165) is 32.1 Å². The fourth-order valence-electron chi connectivity index (χ4n) is 4.06. The quantitative estimate of drug-likeness (QED) is 0.640. The Bertz CT molecular complexity index is 773. The Labute approximate surface area is 184 Å². The van der Waals surface area contributed by atoms with Crippen LogP contribution >= 0.6 is 0 Å². The first-order valence-corrected chi connectivity index (χ1v) is 11.5. The second-order valence-corrected chi connectivity index (χ2v) is 8.79. The predicted octanol–water partition coefficient (Wildman–Crippen LogP) is 3.32. The Balaban J connectivity index is 1.69. The SMILES string of the molecule is CC(C)CCOc1ccccc1C(=O)N1CCNC(=O)C1CC(=O)OC1CCCCC1. The molecule has 1 N–H and O–H groups in total. The van der Waals surface area contributed by atoms with Gasteiger partial charge in [0.1, 0.15) is 17.9 Å².